The monoisotopic (exact) mass is 379 g/mol. The van der Waals surface area contributed by atoms with E-state index in [0.717, 1.165) is 51.4 Å². The summed E-state index contributed by atoms with van der Waals surface area (Å²) >= 11 is 0. The number of carbonyl (C=O) groups excluding carboxylic acids is 2. The summed E-state index contributed by atoms with van der Waals surface area (Å²) in [6.07, 6.45) is 8.02. The van der Waals surface area contributed by atoms with E-state index in [4.69, 9.17) is 0 Å². The lowest BCUT2D eigenvalue weighted by molar-refractivity contribution is -0.139. The highest BCUT2D eigenvalue weighted by atomic mass is 16.2. The fourth-order valence-electron chi connectivity index (χ4n) is 4.71. The van der Waals surface area contributed by atoms with Crippen molar-refractivity contribution < 1.29 is 9.59 Å². The molecule has 2 aliphatic carbocycles. The zero-order chi connectivity index (χ0) is 20.1. The minimum atomic E-state index is -0.342. The van der Waals surface area contributed by atoms with E-state index in [2.05, 4.69) is 15.6 Å². The minimum Gasteiger partial charge on any atom is -0.355 e. The van der Waals surface area contributed by atoms with E-state index in [-0.39, 0.29) is 22.6 Å². The van der Waals surface area contributed by atoms with Crippen molar-refractivity contribution in [3.8, 4) is 0 Å². The van der Waals surface area contributed by atoms with Crippen LogP contribution in [0.5, 0.6) is 0 Å². The third-order valence-electron chi connectivity index (χ3n) is 6.25. The Bertz CT molecular complexity index is 513. The highest BCUT2D eigenvalue weighted by Gasteiger charge is 2.43. The number of rotatable bonds is 6. The Balaban J connectivity index is 1.99. The Labute approximate surface area is 163 Å². The minimum absolute atomic E-state index is 0.193. The SMILES string of the molecule is CN=C(NCC1(C(=O)N(C)C)CCCC1)NCC1(C(=O)N(C)C)CCCC1. The van der Waals surface area contributed by atoms with Gasteiger partial charge in [0.05, 0.1) is 10.8 Å². The number of amides is 2. The molecule has 0 aromatic rings. The molecular weight excluding hydrogens is 342 g/mol. The Morgan fingerprint density at radius 1 is 0.778 bits per heavy atom. The first-order valence-electron chi connectivity index (χ1n) is 10.1. The molecule has 0 atom stereocenters. The molecule has 2 fully saturated rings. The van der Waals surface area contributed by atoms with E-state index in [9.17, 15) is 9.59 Å². The van der Waals surface area contributed by atoms with E-state index in [0.29, 0.717) is 19.0 Å². The predicted octanol–water partition coefficient (Wildman–Crippen LogP) is 1.45. The van der Waals surface area contributed by atoms with Crippen LogP contribution in [0.4, 0.5) is 0 Å². The van der Waals surface area contributed by atoms with Gasteiger partial charge in [-0.15, -0.1) is 0 Å². The van der Waals surface area contributed by atoms with Crippen molar-refractivity contribution in [3.05, 3.63) is 0 Å². The van der Waals surface area contributed by atoms with Crippen LogP contribution in [0.1, 0.15) is 51.4 Å². The van der Waals surface area contributed by atoms with Crippen molar-refractivity contribution in [1.29, 1.82) is 0 Å². The normalized spacial score (nSPS) is 20.0. The van der Waals surface area contributed by atoms with Crippen LogP contribution in [-0.2, 0) is 9.59 Å². The molecule has 2 amide bonds. The zero-order valence-electron chi connectivity index (χ0n) is 17.7. The van der Waals surface area contributed by atoms with Crippen molar-refractivity contribution in [2.24, 2.45) is 15.8 Å². The van der Waals surface area contributed by atoms with Crippen LogP contribution in [0.2, 0.25) is 0 Å². The van der Waals surface area contributed by atoms with Crippen molar-refractivity contribution in [1.82, 2.24) is 20.4 Å². The second-order valence-corrected chi connectivity index (χ2v) is 8.65. The summed E-state index contributed by atoms with van der Waals surface area (Å²) in [6, 6.07) is 0. The van der Waals surface area contributed by atoms with Gasteiger partial charge in [-0.25, -0.2) is 0 Å². The van der Waals surface area contributed by atoms with Crippen molar-refractivity contribution >= 4 is 17.8 Å². The Kier molecular flexibility index (Phi) is 7.12. The molecule has 2 saturated carbocycles. The van der Waals surface area contributed by atoms with Crippen LogP contribution < -0.4 is 10.6 Å². The highest BCUT2D eigenvalue weighted by Crippen LogP contribution is 2.40. The second kappa shape index (κ2) is 8.93. The summed E-state index contributed by atoms with van der Waals surface area (Å²) in [5, 5.41) is 6.73. The molecule has 7 nitrogen and oxygen atoms in total. The molecule has 0 saturated heterocycles. The molecule has 2 N–H and O–H groups in total. The maximum atomic E-state index is 12.7. The molecule has 0 aliphatic heterocycles. The lowest BCUT2D eigenvalue weighted by Gasteiger charge is -2.33. The summed E-state index contributed by atoms with van der Waals surface area (Å²) in [5.74, 6) is 1.06. The third-order valence-corrected chi connectivity index (χ3v) is 6.25. The standard InChI is InChI=1S/C20H37N5O2/c1-21-18(22-14-19(10-6-7-11-19)16(26)24(2)3)23-15-20(12-8-9-13-20)17(27)25(4)5/h6-15H2,1-5H3,(H2,21,22,23). The number of hydrogen-bond acceptors (Lipinski definition) is 3. The van der Waals surface area contributed by atoms with E-state index in [1.165, 1.54) is 0 Å². The number of nitrogens with zero attached hydrogens (tertiary/aromatic N) is 3. The predicted molar refractivity (Wildman–Crippen MR) is 109 cm³/mol. The molecule has 7 heteroatoms. The van der Waals surface area contributed by atoms with E-state index in [1.807, 2.05) is 28.2 Å². The summed E-state index contributed by atoms with van der Waals surface area (Å²) < 4.78 is 0. The van der Waals surface area contributed by atoms with Crippen LogP contribution in [0.3, 0.4) is 0 Å². The first kappa shape index (κ1) is 21.5. The average Bonchev–Trinajstić information content (AvgIpc) is 3.31. The number of aliphatic imine (C=N–C) groups is 1. The number of nitrogens with one attached hydrogen (secondary N) is 2. The smallest absolute Gasteiger partial charge is 0.230 e. The fourth-order valence-corrected chi connectivity index (χ4v) is 4.71. The van der Waals surface area contributed by atoms with Gasteiger partial charge in [-0.1, -0.05) is 25.7 Å². The molecule has 0 radical (unpaired) electrons. The van der Waals surface area contributed by atoms with Crippen molar-refractivity contribution in [2.75, 3.05) is 48.3 Å². The van der Waals surface area contributed by atoms with Crippen LogP contribution in [-0.4, -0.2) is 75.9 Å². The maximum Gasteiger partial charge on any atom is 0.230 e. The summed E-state index contributed by atoms with van der Waals surface area (Å²) in [5.41, 5.74) is -0.683. The fraction of sp³-hybridized carbons (Fsp3) is 0.850. The maximum absolute atomic E-state index is 12.7. The molecule has 27 heavy (non-hydrogen) atoms. The Morgan fingerprint density at radius 2 is 1.11 bits per heavy atom. The second-order valence-electron chi connectivity index (χ2n) is 8.65. The number of hydrogen-bond donors (Lipinski definition) is 2. The molecule has 0 aromatic carbocycles. The molecular formula is C20H37N5O2. The van der Waals surface area contributed by atoms with Gasteiger partial charge in [0.2, 0.25) is 11.8 Å². The molecule has 0 spiro atoms. The molecule has 2 aliphatic rings. The third kappa shape index (κ3) is 4.74. The van der Waals surface area contributed by atoms with E-state index < -0.39 is 0 Å². The van der Waals surface area contributed by atoms with Crippen molar-refractivity contribution in [2.45, 2.75) is 51.4 Å². The molecule has 154 valence electrons. The quantitative estimate of drug-likeness (QED) is 0.541. The van der Waals surface area contributed by atoms with Gasteiger partial charge >= 0.3 is 0 Å². The topological polar surface area (TPSA) is 77.0 Å². The highest BCUT2D eigenvalue weighted by molar-refractivity contribution is 5.86. The van der Waals surface area contributed by atoms with Gasteiger partial charge in [0, 0.05) is 48.3 Å². The van der Waals surface area contributed by atoms with Crippen LogP contribution in [0, 0.1) is 10.8 Å². The van der Waals surface area contributed by atoms with E-state index >= 15 is 0 Å². The molecule has 0 bridgehead atoms. The van der Waals surface area contributed by atoms with Crippen LogP contribution in [0.25, 0.3) is 0 Å². The average molecular weight is 380 g/mol. The van der Waals surface area contributed by atoms with E-state index in [1.54, 1.807) is 16.8 Å². The van der Waals surface area contributed by atoms with Gasteiger partial charge in [-0.3, -0.25) is 14.6 Å². The van der Waals surface area contributed by atoms with Crippen LogP contribution in [0.15, 0.2) is 4.99 Å². The summed E-state index contributed by atoms with van der Waals surface area (Å²) in [4.78, 5) is 33.2. The zero-order valence-corrected chi connectivity index (χ0v) is 17.7. The van der Waals surface area contributed by atoms with Gasteiger partial charge < -0.3 is 20.4 Å². The van der Waals surface area contributed by atoms with Gasteiger partial charge in [-0.2, -0.15) is 0 Å². The van der Waals surface area contributed by atoms with Gasteiger partial charge in [0.25, 0.3) is 0 Å². The first-order chi connectivity index (χ1) is 12.8. The summed E-state index contributed by atoms with van der Waals surface area (Å²) in [7, 11) is 9.04. The lowest BCUT2D eigenvalue weighted by atomic mass is 9.84. The van der Waals surface area contributed by atoms with Gasteiger partial charge in [0.15, 0.2) is 5.96 Å². The largest absolute Gasteiger partial charge is 0.355 e. The first-order valence-corrected chi connectivity index (χ1v) is 10.1. The van der Waals surface area contributed by atoms with Gasteiger partial charge in [-0.05, 0) is 25.7 Å². The Hall–Kier alpha value is -1.79. The molecule has 0 heterocycles. The number of carbonyl (C=O) groups is 2. The summed E-state index contributed by atoms with van der Waals surface area (Å²) in [6.45, 7) is 1.16. The lowest BCUT2D eigenvalue weighted by Crippen LogP contribution is -2.52. The molecule has 0 unspecified atom stereocenters. The van der Waals surface area contributed by atoms with Crippen molar-refractivity contribution in [3.63, 3.8) is 0 Å². The van der Waals surface area contributed by atoms with Gasteiger partial charge in [0.1, 0.15) is 0 Å². The van der Waals surface area contributed by atoms with Crippen LogP contribution >= 0.6 is 0 Å². The number of guanidine groups is 1. The molecule has 2 rings (SSSR count). The molecule has 0 aromatic heterocycles. The Morgan fingerprint density at radius 3 is 1.37 bits per heavy atom.